The summed E-state index contributed by atoms with van der Waals surface area (Å²) >= 11 is 6.21. The molecule has 13 nitrogen and oxygen atoms in total. The van der Waals surface area contributed by atoms with Crippen molar-refractivity contribution in [3.63, 3.8) is 0 Å². The number of amides is 2. The quantitative estimate of drug-likeness (QED) is 0.0897. The molecular weight excluding hydrogens is 656 g/mol. The third-order valence-corrected chi connectivity index (χ3v) is 7.95. The smallest absolute Gasteiger partial charge is 0.411 e. The van der Waals surface area contributed by atoms with Crippen LogP contribution >= 0.6 is 11.6 Å². The molecule has 0 unspecified atom stereocenters. The van der Waals surface area contributed by atoms with Crippen molar-refractivity contribution in [1.82, 2.24) is 40.8 Å². The first-order chi connectivity index (χ1) is 24.4. The average Bonchev–Trinajstić information content (AvgIpc) is 3.68. The highest BCUT2D eigenvalue weighted by Gasteiger charge is 2.15. The highest BCUT2D eigenvalue weighted by molar-refractivity contribution is 6.30. The summed E-state index contributed by atoms with van der Waals surface area (Å²) in [6, 6.07) is 20.7. The van der Waals surface area contributed by atoms with Crippen molar-refractivity contribution in [2.45, 2.75) is 45.3 Å². The number of carbonyl (C=O) groups excluding carboxylic acids is 2. The van der Waals surface area contributed by atoms with E-state index in [1.165, 1.54) is 24.2 Å². The number of aromatic nitrogens is 6. The molecule has 3 aromatic heterocycles. The second-order valence-corrected chi connectivity index (χ2v) is 11.8. The third-order valence-electron chi connectivity index (χ3n) is 7.71. The molecule has 258 valence electrons. The van der Waals surface area contributed by atoms with Crippen molar-refractivity contribution in [2.75, 3.05) is 24.3 Å². The van der Waals surface area contributed by atoms with E-state index in [1.807, 2.05) is 48.5 Å². The molecule has 2 amide bonds. The zero-order valence-corrected chi connectivity index (χ0v) is 28.6. The molecule has 4 N–H and O–H groups in total. The van der Waals surface area contributed by atoms with Crippen LogP contribution in [0.2, 0.25) is 5.02 Å². The Labute approximate surface area is 295 Å². The fourth-order valence-electron chi connectivity index (χ4n) is 5.22. The van der Waals surface area contributed by atoms with Gasteiger partial charge in [-0.05, 0) is 83.1 Å². The Kier molecular flexibility index (Phi) is 13.0. The second kappa shape index (κ2) is 18.2. The molecule has 0 aliphatic rings. The van der Waals surface area contributed by atoms with Gasteiger partial charge >= 0.3 is 6.09 Å². The topological polar surface area (TPSA) is 161 Å². The van der Waals surface area contributed by atoms with Gasteiger partial charge in [0.2, 0.25) is 5.91 Å². The largest absolute Gasteiger partial charge is 0.453 e. The second-order valence-electron chi connectivity index (χ2n) is 11.4. The van der Waals surface area contributed by atoms with E-state index in [4.69, 9.17) is 16.3 Å². The van der Waals surface area contributed by atoms with E-state index in [-0.39, 0.29) is 18.5 Å². The molecule has 0 fully saturated rings. The number of carbonyl (C=O) groups is 2. The predicted octanol–water partition coefficient (Wildman–Crippen LogP) is 6.04. The van der Waals surface area contributed by atoms with Crippen LogP contribution < -0.4 is 21.3 Å². The molecule has 14 heteroatoms. The Bertz CT molecular complexity index is 1890. The standard InChI is InChI=1S/C36H39ClN10O3/c1-3-4-7-30(22-38-21-29-8-5-6-16-39-29)43-33-20-28(44-36(49)50-2)11-12-32(33)25-15-17-40-31(19-25)23-41-35(48)14-9-26-18-27(37)10-13-34(26)47-24-42-45-46-47/h5-6,8-20,24,30,38,43H,3-4,7,21-23H2,1-2H3,(H,41,48)(H,44,49)/b14-9+/t30-/m1/s1. The van der Waals surface area contributed by atoms with Gasteiger partial charge in [0.1, 0.15) is 6.33 Å². The van der Waals surface area contributed by atoms with Gasteiger partial charge in [-0.1, -0.05) is 43.5 Å². The number of hydrogen-bond donors (Lipinski definition) is 4. The first-order valence-electron chi connectivity index (χ1n) is 16.2. The lowest BCUT2D eigenvalue weighted by atomic mass is 10.0. The van der Waals surface area contributed by atoms with Crippen LogP contribution in [-0.2, 0) is 22.6 Å². The molecule has 5 rings (SSSR count). The minimum Gasteiger partial charge on any atom is -0.453 e. The molecule has 1 atom stereocenters. The number of halogens is 1. The summed E-state index contributed by atoms with van der Waals surface area (Å²) in [7, 11) is 1.33. The van der Waals surface area contributed by atoms with Crippen molar-refractivity contribution in [3.05, 3.63) is 114 Å². The van der Waals surface area contributed by atoms with Crippen LogP contribution in [0.5, 0.6) is 0 Å². The summed E-state index contributed by atoms with van der Waals surface area (Å²) in [4.78, 5) is 33.8. The van der Waals surface area contributed by atoms with E-state index in [1.54, 1.807) is 36.7 Å². The molecular formula is C36H39ClN10O3. The number of unbranched alkanes of at least 4 members (excludes halogenated alkanes) is 1. The molecule has 3 heterocycles. The summed E-state index contributed by atoms with van der Waals surface area (Å²) in [6.07, 6.45) is 10.5. The highest BCUT2D eigenvalue weighted by Crippen LogP contribution is 2.32. The molecule has 0 spiro atoms. The highest BCUT2D eigenvalue weighted by atomic mass is 35.5. The Morgan fingerprint density at radius 3 is 2.66 bits per heavy atom. The van der Waals surface area contributed by atoms with Gasteiger partial charge in [0.05, 0.1) is 30.7 Å². The number of methoxy groups -OCH3 is 1. The molecule has 50 heavy (non-hydrogen) atoms. The predicted molar refractivity (Wildman–Crippen MR) is 194 cm³/mol. The van der Waals surface area contributed by atoms with Crippen LogP contribution in [0.4, 0.5) is 16.2 Å². The van der Waals surface area contributed by atoms with E-state index in [0.717, 1.165) is 41.8 Å². The number of pyridine rings is 2. The minimum atomic E-state index is -0.554. The summed E-state index contributed by atoms with van der Waals surface area (Å²) in [5.74, 6) is -0.308. The lowest BCUT2D eigenvalue weighted by molar-refractivity contribution is -0.116. The van der Waals surface area contributed by atoms with E-state index in [2.05, 4.69) is 53.7 Å². The normalized spacial score (nSPS) is 11.7. The number of anilines is 2. The molecule has 0 saturated heterocycles. The first kappa shape index (κ1) is 35.6. The molecule has 0 saturated carbocycles. The van der Waals surface area contributed by atoms with Gasteiger partial charge < -0.3 is 20.7 Å². The van der Waals surface area contributed by atoms with Gasteiger partial charge in [0.25, 0.3) is 0 Å². The number of nitrogens with one attached hydrogen (secondary N) is 4. The van der Waals surface area contributed by atoms with Crippen LogP contribution in [0.25, 0.3) is 22.9 Å². The average molecular weight is 695 g/mol. The van der Waals surface area contributed by atoms with Crippen molar-refractivity contribution < 1.29 is 14.3 Å². The maximum atomic E-state index is 12.8. The summed E-state index contributed by atoms with van der Waals surface area (Å²) < 4.78 is 6.32. The Hall–Kier alpha value is -5.66. The van der Waals surface area contributed by atoms with Gasteiger partial charge in [0.15, 0.2) is 0 Å². The van der Waals surface area contributed by atoms with Gasteiger partial charge in [0, 0.05) is 65.1 Å². The maximum absolute atomic E-state index is 12.8. The lowest BCUT2D eigenvalue weighted by Crippen LogP contribution is -2.33. The van der Waals surface area contributed by atoms with Crippen molar-refractivity contribution >= 4 is 41.1 Å². The molecule has 0 radical (unpaired) electrons. The minimum absolute atomic E-state index is 0.0963. The van der Waals surface area contributed by atoms with Crippen molar-refractivity contribution in [3.8, 4) is 16.8 Å². The zero-order valence-electron chi connectivity index (χ0n) is 27.8. The molecule has 0 aliphatic heterocycles. The Morgan fingerprint density at radius 1 is 1.00 bits per heavy atom. The number of hydrogen-bond acceptors (Lipinski definition) is 10. The summed E-state index contributed by atoms with van der Waals surface area (Å²) in [6.45, 7) is 3.73. The molecule has 0 aliphatic carbocycles. The maximum Gasteiger partial charge on any atom is 0.411 e. The first-order valence-corrected chi connectivity index (χ1v) is 16.6. The SMILES string of the molecule is CCCC[C@H](CNCc1ccccn1)Nc1cc(NC(=O)OC)ccc1-c1ccnc(CNC(=O)/C=C/c2cc(Cl)ccc2-n2cnnn2)c1. The van der Waals surface area contributed by atoms with Crippen LogP contribution in [-0.4, -0.2) is 61.9 Å². The van der Waals surface area contributed by atoms with Gasteiger partial charge in [-0.25, -0.2) is 4.79 Å². The third kappa shape index (κ3) is 10.4. The van der Waals surface area contributed by atoms with Crippen LogP contribution in [0, 0.1) is 0 Å². The number of tetrazole rings is 1. The lowest BCUT2D eigenvalue weighted by Gasteiger charge is -2.23. The monoisotopic (exact) mass is 694 g/mol. The Balaban J connectivity index is 1.31. The number of ether oxygens (including phenoxy) is 1. The number of nitrogens with zero attached hydrogens (tertiary/aromatic N) is 6. The molecule has 0 bridgehead atoms. The van der Waals surface area contributed by atoms with Gasteiger partial charge in [-0.15, -0.1) is 5.10 Å². The van der Waals surface area contributed by atoms with E-state index in [9.17, 15) is 9.59 Å². The number of benzene rings is 2. The van der Waals surface area contributed by atoms with E-state index in [0.29, 0.717) is 40.7 Å². The van der Waals surface area contributed by atoms with Crippen LogP contribution in [0.3, 0.4) is 0 Å². The summed E-state index contributed by atoms with van der Waals surface area (Å²) in [5.41, 5.74) is 6.23. The zero-order chi connectivity index (χ0) is 35.1. The van der Waals surface area contributed by atoms with E-state index < -0.39 is 6.09 Å². The van der Waals surface area contributed by atoms with Crippen LogP contribution in [0.15, 0.2) is 91.5 Å². The molecule has 5 aromatic rings. The van der Waals surface area contributed by atoms with Crippen molar-refractivity contribution in [2.24, 2.45) is 0 Å². The fourth-order valence-corrected chi connectivity index (χ4v) is 5.40. The van der Waals surface area contributed by atoms with Gasteiger partial charge in [-0.2, -0.15) is 4.68 Å². The fraction of sp³-hybridized carbons (Fsp3) is 0.250. The van der Waals surface area contributed by atoms with Gasteiger partial charge in [-0.3, -0.25) is 20.1 Å². The van der Waals surface area contributed by atoms with Crippen LogP contribution in [0.1, 0.15) is 43.1 Å². The molecule has 2 aromatic carbocycles. The Morgan fingerprint density at radius 2 is 1.88 bits per heavy atom. The van der Waals surface area contributed by atoms with E-state index >= 15 is 0 Å². The van der Waals surface area contributed by atoms with Crippen molar-refractivity contribution in [1.29, 1.82) is 0 Å². The number of rotatable bonds is 16. The summed E-state index contributed by atoms with van der Waals surface area (Å²) in [5, 5.41) is 24.7.